The van der Waals surface area contributed by atoms with Crippen LogP contribution in [0.1, 0.15) is 6.42 Å². The van der Waals surface area contributed by atoms with E-state index in [1.54, 1.807) is 7.11 Å². The summed E-state index contributed by atoms with van der Waals surface area (Å²) in [6.45, 7) is 3.89. The molecule has 1 saturated heterocycles. The van der Waals surface area contributed by atoms with Crippen LogP contribution in [-0.2, 0) is 0 Å². The molecule has 4 rings (SSSR count). The van der Waals surface area contributed by atoms with Crippen LogP contribution in [0.2, 0.25) is 0 Å². The van der Waals surface area contributed by atoms with Crippen molar-refractivity contribution in [1.29, 1.82) is 0 Å². The van der Waals surface area contributed by atoms with Gasteiger partial charge in [-0.1, -0.05) is 18.2 Å². The maximum Gasteiger partial charge on any atom is 0.143 e. The molecule has 23 heavy (non-hydrogen) atoms. The third-order valence-corrected chi connectivity index (χ3v) is 4.73. The van der Waals surface area contributed by atoms with Crippen LogP contribution in [-0.4, -0.2) is 39.4 Å². The van der Waals surface area contributed by atoms with Gasteiger partial charge in [0.2, 0.25) is 0 Å². The highest BCUT2D eigenvalue weighted by Gasteiger charge is 2.27. The van der Waals surface area contributed by atoms with E-state index in [1.165, 1.54) is 5.69 Å². The second kappa shape index (κ2) is 6.13. The molecule has 1 fully saturated rings. The van der Waals surface area contributed by atoms with Crippen LogP contribution in [0.5, 0.6) is 11.5 Å². The van der Waals surface area contributed by atoms with E-state index in [2.05, 4.69) is 40.5 Å². The lowest BCUT2D eigenvalue weighted by Gasteiger charge is -2.36. The summed E-state index contributed by atoms with van der Waals surface area (Å²) in [5.74, 6) is 1.87. The Morgan fingerprint density at radius 2 is 2.09 bits per heavy atom. The van der Waals surface area contributed by atoms with Crippen LogP contribution >= 0.6 is 0 Å². The Bertz CT molecular complexity index is 702. The molecule has 2 heterocycles. The van der Waals surface area contributed by atoms with Crippen molar-refractivity contribution in [1.82, 2.24) is 5.32 Å². The fourth-order valence-electron chi connectivity index (χ4n) is 3.49. The molecule has 4 heteroatoms. The molecule has 0 amide bonds. The second-order valence-corrected chi connectivity index (χ2v) is 6.10. The van der Waals surface area contributed by atoms with Crippen LogP contribution in [0.3, 0.4) is 0 Å². The predicted octanol–water partition coefficient (Wildman–Crippen LogP) is 2.92. The van der Waals surface area contributed by atoms with Gasteiger partial charge in [-0.3, -0.25) is 0 Å². The molecular weight excluding hydrogens is 288 g/mol. The normalized spacial score (nSPS) is 20.0. The number of methoxy groups -OCH3 is 1. The molecule has 2 aliphatic heterocycles. The van der Waals surface area contributed by atoms with Gasteiger partial charge in [0.1, 0.15) is 11.5 Å². The van der Waals surface area contributed by atoms with Gasteiger partial charge in [0, 0.05) is 32.1 Å². The minimum Gasteiger partial charge on any atom is -0.497 e. The van der Waals surface area contributed by atoms with Gasteiger partial charge >= 0.3 is 0 Å². The highest BCUT2D eigenvalue weighted by molar-refractivity contribution is 5.73. The summed E-state index contributed by atoms with van der Waals surface area (Å²) in [5.41, 5.74) is 3.54. The van der Waals surface area contributed by atoms with E-state index in [9.17, 15) is 0 Å². The summed E-state index contributed by atoms with van der Waals surface area (Å²) in [6, 6.07) is 15.2. The molecule has 1 N–H and O–H groups in total. The highest BCUT2D eigenvalue weighted by atomic mass is 16.5. The third kappa shape index (κ3) is 2.75. The summed E-state index contributed by atoms with van der Waals surface area (Å²) >= 11 is 0. The van der Waals surface area contributed by atoms with Crippen molar-refractivity contribution in [3.05, 3.63) is 42.5 Å². The van der Waals surface area contributed by atoms with Gasteiger partial charge in [-0.05, 0) is 35.4 Å². The van der Waals surface area contributed by atoms with Gasteiger partial charge in [0.05, 0.1) is 19.4 Å². The Kier molecular flexibility index (Phi) is 3.83. The Morgan fingerprint density at radius 1 is 1.17 bits per heavy atom. The molecular formula is C19H22N2O2. The van der Waals surface area contributed by atoms with Crippen LogP contribution in [0.4, 0.5) is 5.69 Å². The quantitative estimate of drug-likeness (QED) is 0.925. The van der Waals surface area contributed by atoms with Gasteiger partial charge in [-0.25, -0.2) is 0 Å². The number of piperazine rings is 1. The number of rotatable bonds is 2. The van der Waals surface area contributed by atoms with E-state index in [4.69, 9.17) is 9.47 Å². The van der Waals surface area contributed by atoms with E-state index < -0.39 is 0 Å². The average molecular weight is 310 g/mol. The fourth-order valence-corrected chi connectivity index (χ4v) is 3.49. The number of benzene rings is 2. The molecule has 0 spiro atoms. The van der Waals surface area contributed by atoms with Gasteiger partial charge < -0.3 is 19.7 Å². The minimum absolute atomic E-state index is 0.535. The molecule has 0 aliphatic carbocycles. The van der Waals surface area contributed by atoms with Crippen LogP contribution in [0.25, 0.3) is 11.1 Å². The molecule has 4 nitrogen and oxygen atoms in total. The van der Waals surface area contributed by atoms with Crippen molar-refractivity contribution in [2.24, 2.45) is 0 Å². The number of hydrogen-bond acceptors (Lipinski definition) is 4. The topological polar surface area (TPSA) is 33.7 Å². The van der Waals surface area contributed by atoms with E-state index in [-0.39, 0.29) is 0 Å². The SMILES string of the molecule is COc1cccc(-c2ccc3c(c2)OCC[C@H]2CNCCN32)c1. The maximum absolute atomic E-state index is 6.06. The van der Waals surface area contributed by atoms with E-state index in [0.29, 0.717) is 6.04 Å². The summed E-state index contributed by atoms with van der Waals surface area (Å²) in [4.78, 5) is 2.49. The number of ether oxygens (including phenoxy) is 2. The molecule has 1 atom stereocenters. The predicted molar refractivity (Wildman–Crippen MR) is 92.5 cm³/mol. The Labute approximate surface area is 137 Å². The van der Waals surface area contributed by atoms with Crippen molar-refractivity contribution < 1.29 is 9.47 Å². The molecule has 2 aromatic carbocycles. The first-order chi connectivity index (χ1) is 11.3. The van der Waals surface area contributed by atoms with E-state index in [0.717, 1.165) is 55.3 Å². The molecule has 0 radical (unpaired) electrons. The molecule has 2 aliphatic rings. The lowest BCUT2D eigenvalue weighted by molar-refractivity contribution is 0.304. The van der Waals surface area contributed by atoms with Crippen molar-refractivity contribution in [2.75, 3.05) is 38.3 Å². The standard InChI is InChI=1S/C19H22N2O2/c1-22-17-4-2-3-14(11-17)15-5-6-18-19(12-15)23-10-7-16-13-20-8-9-21(16)18/h2-6,11-12,16,20H,7-10,13H2,1H3/t16-/m0/s1. The molecule has 0 unspecified atom stereocenters. The first-order valence-electron chi connectivity index (χ1n) is 8.24. The monoisotopic (exact) mass is 310 g/mol. The lowest BCUT2D eigenvalue weighted by Crippen LogP contribution is -2.51. The minimum atomic E-state index is 0.535. The van der Waals surface area contributed by atoms with Crippen molar-refractivity contribution in [2.45, 2.75) is 12.5 Å². The van der Waals surface area contributed by atoms with Crippen molar-refractivity contribution >= 4 is 5.69 Å². The first-order valence-corrected chi connectivity index (χ1v) is 8.24. The molecule has 0 aromatic heterocycles. The number of anilines is 1. The zero-order chi connectivity index (χ0) is 15.6. The Balaban J connectivity index is 1.71. The molecule has 120 valence electrons. The number of fused-ring (bicyclic) bond motifs is 3. The Morgan fingerprint density at radius 3 is 3.00 bits per heavy atom. The molecule has 0 saturated carbocycles. The highest BCUT2D eigenvalue weighted by Crippen LogP contribution is 2.37. The first kappa shape index (κ1) is 14.4. The zero-order valence-electron chi connectivity index (χ0n) is 13.4. The van der Waals surface area contributed by atoms with Gasteiger partial charge in [0.25, 0.3) is 0 Å². The smallest absolute Gasteiger partial charge is 0.143 e. The maximum atomic E-state index is 6.06. The van der Waals surface area contributed by atoms with Crippen LogP contribution < -0.4 is 19.7 Å². The Hall–Kier alpha value is -2.20. The van der Waals surface area contributed by atoms with Gasteiger partial charge in [-0.2, -0.15) is 0 Å². The summed E-state index contributed by atoms with van der Waals surface area (Å²) < 4.78 is 11.4. The number of nitrogens with zero attached hydrogens (tertiary/aromatic N) is 1. The molecule has 2 aromatic rings. The molecule has 0 bridgehead atoms. The largest absolute Gasteiger partial charge is 0.497 e. The van der Waals surface area contributed by atoms with Crippen LogP contribution in [0.15, 0.2) is 42.5 Å². The van der Waals surface area contributed by atoms with Crippen molar-refractivity contribution in [3.63, 3.8) is 0 Å². The van der Waals surface area contributed by atoms with Crippen molar-refractivity contribution in [3.8, 4) is 22.6 Å². The van der Waals surface area contributed by atoms with Gasteiger partial charge in [-0.15, -0.1) is 0 Å². The summed E-state index contributed by atoms with van der Waals surface area (Å²) in [5, 5.41) is 3.48. The van der Waals surface area contributed by atoms with Crippen LogP contribution in [0, 0.1) is 0 Å². The third-order valence-electron chi connectivity index (χ3n) is 4.73. The van der Waals surface area contributed by atoms with E-state index >= 15 is 0 Å². The number of hydrogen-bond donors (Lipinski definition) is 1. The average Bonchev–Trinajstić information content (AvgIpc) is 2.80. The summed E-state index contributed by atoms with van der Waals surface area (Å²) in [7, 11) is 1.70. The summed E-state index contributed by atoms with van der Waals surface area (Å²) in [6.07, 6.45) is 1.07. The fraction of sp³-hybridized carbons (Fsp3) is 0.368. The zero-order valence-corrected chi connectivity index (χ0v) is 13.4. The second-order valence-electron chi connectivity index (χ2n) is 6.10. The van der Waals surface area contributed by atoms with Gasteiger partial charge in [0.15, 0.2) is 0 Å². The lowest BCUT2D eigenvalue weighted by atomic mass is 10.0. The van der Waals surface area contributed by atoms with E-state index in [1.807, 2.05) is 12.1 Å². The number of nitrogens with one attached hydrogen (secondary N) is 1.